The molecule has 2 heterocycles. The van der Waals surface area contributed by atoms with E-state index in [9.17, 15) is 0 Å². The second-order valence-corrected chi connectivity index (χ2v) is 3.75. The second kappa shape index (κ2) is 4.22. The molecule has 0 aliphatic carbocycles. The highest BCUT2D eigenvalue weighted by Gasteiger charge is 2.04. The van der Waals surface area contributed by atoms with Crippen molar-refractivity contribution in [1.29, 1.82) is 0 Å². The van der Waals surface area contributed by atoms with Crippen LogP contribution in [0.1, 0.15) is 19.9 Å². The van der Waals surface area contributed by atoms with Gasteiger partial charge in [-0.2, -0.15) is 10.1 Å². The Kier molecular flexibility index (Phi) is 2.76. The molecule has 0 aliphatic heterocycles. The van der Waals surface area contributed by atoms with Gasteiger partial charge in [0.05, 0.1) is 12.4 Å². The third-order valence-corrected chi connectivity index (χ3v) is 2.07. The van der Waals surface area contributed by atoms with Crippen LogP contribution in [0.5, 0.6) is 11.6 Å². The molecule has 2 aromatic heterocycles. The summed E-state index contributed by atoms with van der Waals surface area (Å²) in [5.74, 6) is 1.57. The first kappa shape index (κ1) is 10.5. The van der Waals surface area contributed by atoms with Crippen LogP contribution >= 0.6 is 0 Å². The van der Waals surface area contributed by atoms with Crippen LogP contribution in [0, 0.1) is 0 Å². The number of nitrogens with zero attached hydrogens (tertiary/aromatic N) is 3. The Morgan fingerprint density at radius 1 is 1.38 bits per heavy atom. The van der Waals surface area contributed by atoms with Gasteiger partial charge < -0.3 is 10.5 Å². The summed E-state index contributed by atoms with van der Waals surface area (Å²) in [7, 11) is 0. The van der Waals surface area contributed by atoms with E-state index in [1.54, 1.807) is 24.4 Å². The summed E-state index contributed by atoms with van der Waals surface area (Å²) in [6.45, 7) is 4.10. The highest BCUT2D eigenvalue weighted by Crippen LogP contribution is 2.20. The van der Waals surface area contributed by atoms with Crippen LogP contribution in [-0.2, 0) is 0 Å². The van der Waals surface area contributed by atoms with Crippen molar-refractivity contribution in [1.82, 2.24) is 14.8 Å². The van der Waals surface area contributed by atoms with E-state index < -0.39 is 0 Å². The lowest BCUT2D eigenvalue weighted by atomic mass is 10.4. The number of aromatic nitrogens is 3. The van der Waals surface area contributed by atoms with Gasteiger partial charge in [0.15, 0.2) is 5.75 Å². The zero-order valence-corrected chi connectivity index (χ0v) is 9.29. The molecule has 0 saturated heterocycles. The van der Waals surface area contributed by atoms with Crippen molar-refractivity contribution in [2.75, 3.05) is 5.73 Å². The Labute approximate surface area is 93.9 Å². The maximum Gasteiger partial charge on any atom is 0.221 e. The molecule has 84 valence electrons. The van der Waals surface area contributed by atoms with Crippen LogP contribution in [0.4, 0.5) is 5.82 Å². The lowest BCUT2D eigenvalue weighted by molar-refractivity contribution is 0.460. The Morgan fingerprint density at radius 3 is 2.81 bits per heavy atom. The number of anilines is 1. The average Bonchev–Trinajstić information content (AvgIpc) is 2.66. The van der Waals surface area contributed by atoms with Crippen molar-refractivity contribution < 1.29 is 4.74 Å². The zero-order chi connectivity index (χ0) is 11.5. The first-order valence-electron chi connectivity index (χ1n) is 5.09. The fourth-order valence-corrected chi connectivity index (χ4v) is 1.26. The van der Waals surface area contributed by atoms with Gasteiger partial charge in [-0.15, -0.1) is 0 Å². The van der Waals surface area contributed by atoms with Crippen LogP contribution in [0.25, 0.3) is 0 Å². The highest BCUT2D eigenvalue weighted by atomic mass is 16.5. The highest BCUT2D eigenvalue weighted by molar-refractivity contribution is 5.33. The summed E-state index contributed by atoms with van der Waals surface area (Å²) >= 11 is 0. The summed E-state index contributed by atoms with van der Waals surface area (Å²) < 4.78 is 7.34. The molecule has 2 N–H and O–H groups in total. The van der Waals surface area contributed by atoms with E-state index in [0.29, 0.717) is 23.5 Å². The van der Waals surface area contributed by atoms with Crippen molar-refractivity contribution in [2.45, 2.75) is 19.9 Å². The summed E-state index contributed by atoms with van der Waals surface area (Å²) in [6.07, 6.45) is 3.49. The van der Waals surface area contributed by atoms with Crippen LogP contribution in [0.2, 0.25) is 0 Å². The molecule has 0 saturated carbocycles. The Morgan fingerprint density at radius 2 is 2.19 bits per heavy atom. The first-order valence-corrected chi connectivity index (χ1v) is 5.09. The van der Waals surface area contributed by atoms with E-state index in [2.05, 4.69) is 23.9 Å². The number of nitrogen functional groups attached to an aromatic ring is 1. The molecule has 2 rings (SSSR count). The Balaban J connectivity index is 2.14. The van der Waals surface area contributed by atoms with Crippen molar-refractivity contribution in [2.24, 2.45) is 0 Å². The topological polar surface area (TPSA) is 66.0 Å². The van der Waals surface area contributed by atoms with Crippen LogP contribution < -0.4 is 10.5 Å². The van der Waals surface area contributed by atoms with Gasteiger partial charge in [-0.25, -0.2) is 0 Å². The minimum Gasteiger partial charge on any atom is -0.436 e. The molecular weight excluding hydrogens is 204 g/mol. The lowest BCUT2D eigenvalue weighted by Crippen LogP contribution is -1.99. The minimum atomic E-state index is 0.311. The van der Waals surface area contributed by atoms with E-state index in [0.717, 1.165) is 0 Å². The molecule has 2 aromatic rings. The predicted molar refractivity (Wildman–Crippen MR) is 61.3 cm³/mol. The zero-order valence-electron chi connectivity index (χ0n) is 9.29. The van der Waals surface area contributed by atoms with Crippen LogP contribution in [0.15, 0.2) is 30.6 Å². The monoisotopic (exact) mass is 218 g/mol. The van der Waals surface area contributed by atoms with Crippen molar-refractivity contribution in [3.8, 4) is 11.6 Å². The van der Waals surface area contributed by atoms with Crippen LogP contribution in [-0.4, -0.2) is 14.8 Å². The molecule has 0 aliphatic rings. The molecule has 0 spiro atoms. The fraction of sp³-hybridized carbons (Fsp3) is 0.273. The molecule has 5 nitrogen and oxygen atoms in total. The first-order chi connectivity index (χ1) is 7.65. The normalized spacial score (nSPS) is 10.7. The number of hydrogen-bond acceptors (Lipinski definition) is 4. The molecule has 0 atom stereocenters. The molecule has 0 amide bonds. The molecule has 5 heteroatoms. The molecule has 0 bridgehead atoms. The van der Waals surface area contributed by atoms with E-state index in [1.807, 2.05) is 10.9 Å². The maximum absolute atomic E-state index is 5.55. The molecular formula is C11H14N4O. The van der Waals surface area contributed by atoms with Crippen molar-refractivity contribution in [3.05, 3.63) is 30.6 Å². The smallest absolute Gasteiger partial charge is 0.221 e. The van der Waals surface area contributed by atoms with Crippen molar-refractivity contribution in [3.63, 3.8) is 0 Å². The van der Waals surface area contributed by atoms with E-state index in [-0.39, 0.29) is 0 Å². The summed E-state index contributed by atoms with van der Waals surface area (Å²) in [5.41, 5.74) is 5.55. The quantitative estimate of drug-likeness (QED) is 0.857. The van der Waals surface area contributed by atoms with Gasteiger partial charge in [-0.3, -0.25) is 4.68 Å². The molecule has 16 heavy (non-hydrogen) atoms. The molecule has 0 unspecified atom stereocenters. The third kappa shape index (κ3) is 2.31. The average molecular weight is 218 g/mol. The SMILES string of the molecule is CC(C)n1cc(Oc2cccc(N)n2)cn1. The fourth-order valence-electron chi connectivity index (χ4n) is 1.26. The van der Waals surface area contributed by atoms with E-state index in [1.165, 1.54) is 0 Å². The number of hydrogen-bond donors (Lipinski definition) is 1. The molecule has 0 aromatic carbocycles. The second-order valence-electron chi connectivity index (χ2n) is 3.75. The molecule has 0 fully saturated rings. The lowest BCUT2D eigenvalue weighted by Gasteiger charge is -2.03. The number of ether oxygens (including phenoxy) is 1. The molecule has 0 radical (unpaired) electrons. The summed E-state index contributed by atoms with van der Waals surface area (Å²) in [4.78, 5) is 4.04. The maximum atomic E-state index is 5.55. The van der Waals surface area contributed by atoms with Crippen LogP contribution in [0.3, 0.4) is 0 Å². The Bertz CT molecular complexity index is 478. The minimum absolute atomic E-state index is 0.311. The number of pyridine rings is 1. The van der Waals surface area contributed by atoms with E-state index >= 15 is 0 Å². The summed E-state index contributed by atoms with van der Waals surface area (Å²) in [5, 5.41) is 4.17. The van der Waals surface area contributed by atoms with Gasteiger partial charge in [0, 0.05) is 12.1 Å². The van der Waals surface area contributed by atoms with Gasteiger partial charge in [0.1, 0.15) is 5.82 Å². The van der Waals surface area contributed by atoms with Gasteiger partial charge in [0.25, 0.3) is 0 Å². The van der Waals surface area contributed by atoms with Gasteiger partial charge >= 0.3 is 0 Å². The van der Waals surface area contributed by atoms with Gasteiger partial charge in [0.2, 0.25) is 5.88 Å². The standard InChI is InChI=1S/C11H14N4O/c1-8(2)15-7-9(6-13-15)16-11-5-3-4-10(12)14-11/h3-8H,1-2H3,(H2,12,14). The van der Waals surface area contributed by atoms with E-state index in [4.69, 9.17) is 10.5 Å². The summed E-state index contributed by atoms with van der Waals surface area (Å²) in [6, 6.07) is 5.57. The van der Waals surface area contributed by atoms with Gasteiger partial charge in [-0.1, -0.05) is 6.07 Å². The number of nitrogens with two attached hydrogens (primary N) is 1. The van der Waals surface area contributed by atoms with Gasteiger partial charge in [-0.05, 0) is 19.9 Å². The number of rotatable bonds is 3. The predicted octanol–water partition coefficient (Wildman–Crippen LogP) is 2.23. The largest absolute Gasteiger partial charge is 0.436 e. The Hall–Kier alpha value is -2.04. The van der Waals surface area contributed by atoms with Crippen molar-refractivity contribution >= 4 is 5.82 Å². The third-order valence-electron chi connectivity index (χ3n) is 2.07.